The van der Waals surface area contributed by atoms with Gasteiger partial charge in [0.25, 0.3) is 0 Å². The van der Waals surface area contributed by atoms with Crippen molar-refractivity contribution in [1.82, 2.24) is 15.0 Å². The zero-order valence-electron chi connectivity index (χ0n) is 13.0. The Morgan fingerprint density at radius 1 is 1.10 bits per heavy atom. The molecule has 1 heterocycles. The van der Waals surface area contributed by atoms with Gasteiger partial charge in [0.05, 0.1) is 12.1 Å². The van der Waals surface area contributed by atoms with Crippen molar-refractivity contribution in [3.05, 3.63) is 5.28 Å². The van der Waals surface area contributed by atoms with Gasteiger partial charge in [-0.15, -0.1) is 0 Å². The molecule has 0 aromatic carbocycles. The second-order valence-corrected chi connectivity index (χ2v) is 5.74. The van der Waals surface area contributed by atoms with Crippen molar-refractivity contribution in [2.24, 2.45) is 0 Å². The maximum Gasteiger partial charge on any atom is 0.231 e. The summed E-state index contributed by atoms with van der Waals surface area (Å²) in [7, 11) is 1.91. The molecular formula is C14H24ClN5O. The Balaban J connectivity index is 2.25. The summed E-state index contributed by atoms with van der Waals surface area (Å²) in [6.07, 6.45) is 3.64. The molecule has 1 aromatic heterocycles. The molecule has 1 fully saturated rings. The highest BCUT2D eigenvalue weighted by Gasteiger charge is 2.28. The first kappa shape index (κ1) is 16.2. The summed E-state index contributed by atoms with van der Waals surface area (Å²) in [5.74, 6) is 1.12. The lowest BCUT2D eigenvalue weighted by Crippen LogP contribution is -2.44. The van der Waals surface area contributed by atoms with Crippen LogP contribution in [0.2, 0.25) is 5.28 Å². The third kappa shape index (κ3) is 3.74. The second-order valence-electron chi connectivity index (χ2n) is 5.41. The smallest absolute Gasteiger partial charge is 0.231 e. The Morgan fingerprint density at radius 2 is 1.71 bits per heavy atom. The van der Waals surface area contributed by atoms with Crippen molar-refractivity contribution in [1.29, 1.82) is 0 Å². The predicted octanol–water partition coefficient (Wildman–Crippen LogP) is 2.11. The van der Waals surface area contributed by atoms with Crippen molar-refractivity contribution in [3.8, 4) is 0 Å². The quantitative estimate of drug-likeness (QED) is 0.898. The van der Waals surface area contributed by atoms with Crippen LogP contribution < -0.4 is 9.80 Å². The van der Waals surface area contributed by atoms with E-state index in [2.05, 4.69) is 28.8 Å². The number of aliphatic hydroxyl groups excluding tert-OH is 1. The Hall–Kier alpha value is -1.14. The third-order valence-electron chi connectivity index (χ3n) is 4.14. The molecule has 7 heteroatoms. The number of halogens is 1. The van der Waals surface area contributed by atoms with Gasteiger partial charge in [0.1, 0.15) is 0 Å². The number of hydrogen-bond donors (Lipinski definition) is 1. The number of aliphatic hydroxyl groups is 1. The molecule has 6 nitrogen and oxygen atoms in total. The van der Waals surface area contributed by atoms with Crippen molar-refractivity contribution in [3.63, 3.8) is 0 Å². The average molecular weight is 314 g/mol. The molecule has 2 atom stereocenters. The van der Waals surface area contributed by atoms with E-state index in [1.807, 2.05) is 16.8 Å². The van der Waals surface area contributed by atoms with E-state index in [9.17, 15) is 5.11 Å². The largest absolute Gasteiger partial charge is 0.391 e. The summed E-state index contributed by atoms with van der Waals surface area (Å²) in [5.41, 5.74) is 0. The SMILES string of the molecule is CCN(CC)c1nc(Cl)nc(N(C)C2CCCCC2O)n1. The molecule has 0 spiro atoms. The molecule has 1 saturated carbocycles. The lowest BCUT2D eigenvalue weighted by molar-refractivity contribution is 0.105. The lowest BCUT2D eigenvalue weighted by Gasteiger charge is -2.35. The van der Waals surface area contributed by atoms with Crippen LogP contribution in [0.4, 0.5) is 11.9 Å². The Labute approximate surface area is 131 Å². The van der Waals surface area contributed by atoms with Gasteiger partial charge in [-0.2, -0.15) is 15.0 Å². The highest BCUT2D eigenvalue weighted by Crippen LogP contribution is 2.26. The van der Waals surface area contributed by atoms with E-state index in [1.165, 1.54) is 0 Å². The molecule has 1 aromatic rings. The normalized spacial score (nSPS) is 22.1. The van der Waals surface area contributed by atoms with Crippen molar-refractivity contribution < 1.29 is 5.11 Å². The van der Waals surface area contributed by atoms with Gasteiger partial charge in [-0.3, -0.25) is 0 Å². The maximum absolute atomic E-state index is 10.2. The standard InChI is InChI=1S/C14H24ClN5O/c1-4-20(5-2)14-17-12(15)16-13(18-14)19(3)10-8-6-7-9-11(10)21/h10-11,21H,4-9H2,1-3H3. The fraction of sp³-hybridized carbons (Fsp3) is 0.786. The molecule has 0 bridgehead atoms. The molecular weight excluding hydrogens is 290 g/mol. The van der Waals surface area contributed by atoms with E-state index in [4.69, 9.17) is 11.6 Å². The number of likely N-dealkylation sites (N-methyl/N-ethyl adjacent to an activating group) is 1. The van der Waals surface area contributed by atoms with E-state index in [-0.39, 0.29) is 17.4 Å². The average Bonchev–Trinajstić information content (AvgIpc) is 2.48. The number of hydrogen-bond acceptors (Lipinski definition) is 6. The first-order chi connectivity index (χ1) is 10.1. The molecule has 2 unspecified atom stereocenters. The van der Waals surface area contributed by atoms with Crippen LogP contribution >= 0.6 is 11.6 Å². The minimum atomic E-state index is -0.337. The Kier molecular flexibility index (Phi) is 5.58. The summed E-state index contributed by atoms with van der Waals surface area (Å²) in [4.78, 5) is 16.9. The van der Waals surface area contributed by atoms with E-state index >= 15 is 0 Å². The van der Waals surface area contributed by atoms with Crippen LogP contribution in [0.1, 0.15) is 39.5 Å². The molecule has 1 aliphatic rings. The molecule has 2 rings (SSSR count). The second kappa shape index (κ2) is 7.22. The van der Waals surface area contributed by atoms with Gasteiger partial charge in [0.2, 0.25) is 17.2 Å². The lowest BCUT2D eigenvalue weighted by atomic mass is 9.92. The molecule has 1 aliphatic carbocycles. The third-order valence-corrected chi connectivity index (χ3v) is 4.31. The summed E-state index contributed by atoms with van der Waals surface area (Å²) in [5, 5.41) is 10.4. The fourth-order valence-electron chi connectivity index (χ4n) is 2.83. The Bertz CT molecular complexity index is 469. The number of nitrogens with zero attached hydrogens (tertiary/aromatic N) is 5. The van der Waals surface area contributed by atoms with Gasteiger partial charge in [0, 0.05) is 20.1 Å². The first-order valence-electron chi connectivity index (χ1n) is 7.64. The van der Waals surface area contributed by atoms with E-state index in [1.54, 1.807) is 0 Å². The monoisotopic (exact) mass is 313 g/mol. The summed E-state index contributed by atoms with van der Waals surface area (Å²) in [6, 6.07) is 0.0433. The minimum Gasteiger partial charge on any atom is -0.391 e. The molecule has 1 N–H and O–H groups in total. The minimum absolute atomic E-state index is 0.0433. The summed E-state index contributed by atoms with van der Waals surface area (Å²) in [6.45, 7) is 5.73. The Morgan fingerprint density at radius 3 is 2.33 bits per heavy atom. The molecule has 0 aliphatic heterocycles. The molecule has 0 amide bonds. The van der Waals surface area contributed by atoms with Crippen LogP contribution in [0.3, 0.4) is 0 Å². The summed E-state index contributed by atoms with van der Waals surface area (Å²) >= 11 is 6.05. The molecule has 21 heavy (non-hydrogen) atoms. The van der Waals surface area contributed by atoms with Gasteiger partial charge in [0.15, 0.2) is 0 Å². The number of aromatic nitrogens is 3. The highest BCUT2D eigenvalue weighted by molar-refractivity contribution is 6.28. The van der Waals surface area contributed by atoms with E-state index in [0.717, 1.165) is 38.8 Å². The van der Waals surface area contributed by atoms with Gasteiger partial charge >= 0.3 is 0 Å². The van der Waals surface area contributed by atoms with E-state index < -0.39 is 0 Å². The van der Waals surface area contributed by atoms with Crippen LogP contribution in [0, 0.1) is 0 Å². The number of anilines is 2. The maximum atomic E-state index is 10.2. The topological polar surface area (TPSA) is 65.4 Å². The van der Waals surface area contributed by atoms with E-state index in [0.29, 0.717) is 11.9 Å². The molecule has 0 saturated heterocycles. The fourth-order valence-corrected chi connectivity index (χ4v) is 2.98. The van der Waals surface area contributed by atoms with Crippen LogP contribution in [0.15, 0.2) is 0 Å². The van der Waals surface area contributed by atoms with Gasteiger partial charge in [-0.25, -0.2) is 0 Å². The molecule has 0 radical (unpaired) electrons. The first-order valence-corrected chi connectivity index (χ1v) is 8.02. The zero-order valence-corrected chi connectivity index (χ0v) is 13.7. The summed E-state index contributed by atoms with van der Waals surface area (Å²) < 4.78 is 0. The zero-order chi connectivity index (χ0) is 15.4. The molecule has 118 valence electrons. The van der Waals surface area contributed by atoms with Crippen LogP contribution in [-0.2, 0) is 0 Å². The predicted molar refractivity (Wildman–Crippen MR) is 85.1 cm³/mol. The van der Waals surface area contributed by atoms with Crippen LogP contribution in [0.25, 0.3) is 0 Å². The van der Waals surface area contributed by atoms with Crippen molar-refractivity contribution in [2.75, 3.05) is 29.9 Å². The van der Waals surface area contributed by atoms with Crippen molar-refractivity contribution in [2.45, 2.75) is 51.7 Å². The van der Waals surface area contributed by atoms with Crippen LogP contribution in [0.5, 0.6) is 0 Å². The van der Waals surface area contributed by atoms with Gasteiger partial charge in [-0.1, -0.05) is 12.8 Å². The highest BCUT2D eigenvalue weighted by atomic mass is 35.5. The van der Waals surface area contributed by atoms with Crippen molar-refractivity contribution >= 4 is 23.5 Å². The van der Waals surface area contributed by atoms with Gasteiger partial charge in [-0.05, 0) is 38.3 Å². The van der Waals surface area contributed by atoms with Gasteiger partial charge < -0.3 is 14.9 Å². The van der Waals surface area contributed by atoms with Crippen LogP contribution in [-0.4, -0.2) is 52.3 Å². The number of rotatable bonds is 5.